The average molecular weight is 327 g/mol. The highest BCUT2D eigenvalue weighted by atomic mass is 35.5. The summed E-state index contributed by atoms with van der Waals surface area (Å²) in [5.74, 6) is 0.705. The Kier molecular flexibility index (Phi) is 5.99. The van der Waals surface area contributed by atoms with Gasteiger partial charge in [0.25, 0.3) is 0 Å². The number of hydrogen-bond acceptors (Lipinski definition) is 5. The molecule has 2 rings (SSSR count). The molecule has 0 spiro atoms. The minimum Gasteiger partial charge on any atom is -0.491 e. The molecule has 1 unspecified atom stereocenters. The molecule has 0 aliphatic rings. The summed E-state index contributed by atoms with van der Waals surface area (Å²) in [5, 5.41) is 13.8. The molecule has 0 aliphatic heterocycles. The number of aromatic nitrogens is 1. The van der Waals surface area contributed by atoms with E-state index in [0.29, 0.717) is 17.3 Å². The highest BCUT2D eigenvalue weighted by Gasteiger charge is 2.11. The molecule has 1 aromatic heterocycles. The Morgan fingerprint density at radius 3 is 2.71 bits per heavy atom. The number of rotatable bonds is 7. The van der Waals surface area contributed by atoms with Gasteiger partial charge >= 0.3 is 0 Å². The lowest BCUT2D eigenvalue weighted by molar-refractivity contribution is 0.0741. The molecular formula is C15H19ClN2O2S. The summed E-state index contributed by atoms with van der Waals surface area (Å²) in [7, 11) is 1.96. The zero-order chi connectivity index (χ0) is 15.2. The molecule has 4 nitrogen and oxygen atoms in total. The average Bonchev–Trinajstić information content (AvgIpc) is 2.83. The van der Waals surface area contributed by atoms with Crippen LogP contribution >= 0.6 is 22.9 Å². The van der Waals surface area contributed by atoms with Crippen LogP contribution in [0, 0.1) is 6.92 Å². The lowest BCUT2D eigenvalue weighted by Gasteiger charge is -2.20. The van der Waals surface area contributed by atoms with Crippen molar-refractivity contribution in [1.82, 2.24) is 9.88 Å². The number of likely N-dealkylation sites (N-methyl/N-ethyl adjacent to an activating group) is 1. The third-order valence-corrected chi connectivity index (χ3v) is 3.95. The van der Waals surface area contributed by atoms with Crippen molar-refractivity contribution in [2.24, 2.45) is 0 Å². The summed E-state index contributed by atoms with van der Waals surface area (Å²) in [4.78, 5) is 6.44. The quantitative estimate of drug-likeness (QED) is 0.849. The van der Waals surface area contributed by atoms with Gasteiger partial charge in [0.1, 0.15) is 18.5 Å². The van der Waals surface area contributed by atoms with E-state index < -0.39 is 6.10 Å². The lowest BCUT2D eigenvalue weighted by atomic mass is 10.3. The molecule has 0 radical (unpaired) electrons. The summed E-state index contributed by atoms with van der Waals surface area (Å²) in [5.41, 5.74) is 1.03. The molecule has 0 fully saturated rings. The molecule has 0 bridgehead atoms. The third kappa shape index (κ3) is 5.63. The zero-order valence-corrected chi connectivity index (χ0v) is 13.7. The van der Waals surface area contributed by atoms with E-state index in [4.69, 9.17) is 16.3 Å². The van der Waals surface area contributed by atoms with Crippen LogP contribution < -0.4 is 4.74 Å². The van der Waals surface area contributed by atoms with Gasteiger partial charge in [0.05, 0.1) is 10.7 Å². The van der Waals surface area contributed by atoms with Gasteiger partial charge < -0.3 is 9.84 Å². The fraction of sp³-hybridized carbons (Fsp3) is 0.400. The van der Waals surface area contributed by atoms with Crippen LogP contribution in [0.4, 0.5) is 0 Å². The van der Waals surface area contributed by atoms with E-state index in [1.807, 2.05) is 24.3 Å². The number of thiazole rings is 1. The number of aliphatic hydroxyl groups is 1. The van der Waals surface area contributed by atoms with Gasteiger partial charge in [0, 0.05) is 23.5 Å². The van der Waals surface area contributed by atoms with E-state index in [0.717, 1.165) is 17.2 Å². The number of halogens is 1. The van der Waals surface area contributed by atoms with Crippen LogP contribution in [-0.2, 0) is 6.54 Å². The van der Waals surface area contributed by atoms with Crippen molar-refractivity contribution in [1.29, 1.82) is 0 Å². The minimum absolute atomic E-state index is 0.252. The van der Waals surface area contributed by atoms with Crippen LogP contribution in [0.2, 0.25) is 5.02 Å². The monoisotopic (exact) mass is 326 g/mol. The summed E-state index contributed by atoms with van der Waals surface area (Å²) in [6.45, 7) is 3.50. The van der Waals surface area contributed by atoms with Crippen LogP contribution in [0.1, 0.15) is 10.7 Å². The Bertz CT molecular complexity index is 559. The van der Waals surface area contributed by atoms with Crippen molar-refractivity contribution in [3.63, 3.8) is 0 Å². The van der Waals surface area contributed by atoms with Crippen LogP contribution in [0.15, 0.2) is 29.6 Å². The maximum Gasteiger partial charge on any atom is 0.119 e. The maximum absolute atomic E-state index is 10.0. The molecule has 6 heteroatoms. The van der Waals surface area contributed by atoms with Gasteiger partial charge in [-0.05, 0) is 38.2 Å². The SMILES string of the molecule is Cc1nc(CN(C)CC(O)COc2ccc(Cl)cc2)cs1. The highest BCUT2D eigenvalue weighted by molar-refractivity contribution is 7.09. The van der Waals surface area contributed by atoms with Gasteiger partial charge in [0.15, 0.2) is 0 Å². The van der Waals surface area contributed by atoms with Gasteiger partial charge in [0.2, 0.25) is 0 Å². The van der Waals surface area contributed by atoms with Crippen LogP contribution in [0.5, 0.6) is 5.75 Å². The fourth-order valence-corrected chi connectivity index (χ4v) is 2.69. The van der Waals surface area contributed by atoms with Gasteiger partial charge in [-0.15, -0.1) is 11.3 Å². The van der Waals surface area contributed by atoms with Crippen LogP contribution in [0.25, 0.3) is 0 Å². The third-order valence-electron chi connectivity index (χ3n) is 2.88. The lowest BCUT2D eigenvalue weighted by Crippen LogP contribution is -2.32. The van der Waals surface area contributed by atoms with E-state index in [1.165, 1.54) is 0 Å². The minimum atomic E-state index is -0.551. The van der Waals surface area contributed by atoms with Crippen LogP contribution in [-0.4, -0.2) is 41.3 Å². The van der Waals surface area contributed by atoms with Crippen LogP contribution in [0.3, 0.4) is 0 Å². The van der Waals surface area contributed by atoms with Gasteiger partial charge in [-0.1, -0.05) is 11.6 Å². The Balaban J connectivity index is 1.73. The van der Waals surface area contributed by atoms with E-state index in [9.17, 15) is 5.11 Å². The number of nitrogens with zero attached hydrogens (tertiary/aromatic N) is 2. The largest absolute Gasteiger partial charge is 0.491 e. The maximum atomic E-state index is 10.0. The van der Waals surface area contributed by atoms with Crippen molar-refractivity contribution >= 4 is 22.9 Å². The van der Waals surface area contributed by atoms with Gasteiger partial charge in [-0.3, -0.25) is 4.90 Å². The standard InChI is InChI=1S/C15H19ClN2O2S/c1-11-17-13(10-21-11)7-18(2)8-14(19)9-20-15-5-3-12(16)4-6-15/h3-6,10,14,19H,7-9H2,1-2H3. The first kappa shape index (κ1) is 16.2. The fourth-order valence-electron chi connectivity index (χ4n) is 1.96. The molecule has 114 valence electrons. The second-order valence-electron chi connectivity index (χ2n) is 4.97. The van der Waals surface area contributed by atoms with E-state index in [2.05, 4.69) is 4.98 Å². The Hall–Kier alpha value is -1.14. The Morgan fingerprint density at radius 2 is 2.10 bits per heavy atom. The first-order valence-electron chi connectivity index (χ1n) is 6.69. The predicted molar refractivity (Wildman–Crippen MR) is 86.1 cm³/mol. The molecule has 1 atom stereocenters. The number of aliphatic hydroxyl groups excluding tert-OH is 1. The first-order chi connectivity index (χ1) is 10.0. The molecule has 21 heavy (non-hydrogen) atoms. The summed E-state index contributed by atoms with van der Waals surface area (Å²) in [6.07, 6.45) is -0.551. The number of aryl methyl sites for hydroxylation is 1. The van der Waals surface area contributed by atoms with Gasteiger partial charge in [-0.25, -0.2) is 4.98 Å². The second kappa shape index (κ2) is 7.75. The molecule has 0 aliphatic carbocycles. The highest BCUT2D eigenvalue weighted by Crippen LogP contribution is 2.16. The molecule has 0 amide bonds. The van der Waals surface area contributed by atoms with E-state index in [1.54, 1.807) is 35.6 Å². The summed E-state index contributed by atoms with van der Waals surface area (Å²) >= 11 is 7.44. The van der Waals surface area contributed by atoms with Crippen molar-refractivity contribution < 1.29 is 9.84 Å². The van der Waals surface area contributed by atoms with Crippen molar-refractivity contribution in [3.05, 3.63) is 45.4 Å². The second-order valence-corrected chi connectivity index (χ2v) is 6.47. The van der Waals surface area contributed by atoms with Crippen molar-refractivity contribution in [2.45, 2.75) is 19.6 Å². The Labute approximate surface area is 134 Å². The van der Waals surface area contributed by atoms with E-state index >= 15 is 0 Å². The molecule has 2 aromatic rings. The molecule has 1 N–H and O–H groups in total. The van der Waals surface area contributed by atoms with Crippen molar-refractivity contribution in [3.8, 4) is 5.75 Å². The zero-order valence-electron chi connectivity index (χ0n) is 12.1. The number of hydrogen-bond donors (Lipinski definition) is 1. The number of benzene rings is 1. The normalized spacial score (nSPS) is 12.6. The van der Waals surface area contributed by atoms with Gasteiger partial charge in [-0.2, -0.15) is 0 Å². The van der Waals surface area contributed by atoms with Crippen molar-refractivity contribution in [2.75, 3.05) is 20.2 Å². The first-order valence-corrected chi connectivity index (χ1v) is 7.94. The Morgan fingerprint density at radius 1 is 1.38 bits per heavy atom. The molecule has 0 saturated heterocycles. The molecular weight excluding hydrogens is 308 g/mol. The topological polar surface area (TPSA) is 45.6 Å². The molecule has 0 saturated carbocycles. The summed E-state index contributed by atoms with van der Waals surface area (Å²) in [6, 6.07) is 7.10. The molecule has 1 aromatic carbocycles. The summed E-state index contributed by atoms with van der Waals surface area (Å²) < 4.78 is 5.53. The predicted octanol–water partition coefficient (Wildman–Crippen LogP) is 2.98. The molecule has 1 heterocycles. The number of ether oxygens (including phenoxy) is 1. The van der Waals surface area contributed by atoms with E-state index in [-0.39, 0.29) is 6.61 Å². The smallest absolute Gasteiger partial charge is 0.119 e.